The van der Waals surface area contributed by atoms with Crippen molar-refractivity contribution in [1.29, 1.82) is 0 Å². The molecule has 1 fully saturated rings. The molecule has 2 nitrogen and oxygen atoms in total. The summed E-state index contributed by atoms with van der Waals surface area (Å²) < 4.78 is 0. The van der Waals surface area contributed by atoms with Crippen LogP contribution < -0.4 is 5.32 Å². The van der Waals surface area contributed by atoms with Crippen molar-refractivity contribution in [2.24, 2.45) is 5.92 Å². The molecular weight excluding hydrogens is 208 g/mol. The third kappa shape index (κ3) is 3.53. The molecule has 0 saturated heterocycles. The molecule has 0 radical (unpaired) electrons. The summed E-state index contributed by atoms with van der Waals surface area (Å²) in [4.78, 5) is 4.27. The minimum absolute atomic E-state index is 0.589. The van der Waals surface area contributed by atoms with Crippen molar-refractivity contribution in [3.8, 4) is 0 Å². The normalized spacial score (nSPS) is 25.1. The number of nitrogens with one attached hydrogen (secondary N) is 1. The zero-order valence-corrected chi connectivity index (χ0v) is 11.0. The van der Waals surface area contributed by atoms with E-state index in [0.29, 0.717) is 12.0 Å². The van der Waals surface area contributed by atoms with Gasteiger partial charge in [-0.05, 0) is 42.9 Å². The maximum Gasteiger partial charge on any atom is 0.0302 e. The molecule has 0 spiro atoms. The van der Waals surface area contributed by atoms with Crippen molar-refractivity contribution < 1.29 is 0 Å². The van der Waals surface area contributed by atoms with Crippen molar-refractivity contribution in [3.05, 3.63) is 30.1 Å². The zero-order valence-electron chi connectivity index (χ0n) is 11.0. The lowest BCUT2D eigenvalue weighted by molar-refractivity contribution is 0.289. The SMILES string of the molecule is CC(C)NCC1CCCCC1c1cccnc1. The predicted octanol–water partition coefficient (Wildman–Crippen LogP) is 3.35. The van der Waals surface area contributed by atoms with Crippen LogP contribution in [-0.2, 0) is 0 Å². The van der Waals surface area contributed by atoms with Gasteiger partial charge in [0.25, 0.3) is 0 Å². The van der Waals surface area contributed by atoms with Crippen LogP contribution in [0.5, 0.6) is 0 Å². The standard InChI is InChI=1S/C15H24N2/c1-12(2)17-11-14-6-3-4-8-15(14)13-7-5-9-16-10-13/h5,7,9-10,12,14-15,17H,3-4,6,8,11H2,1-2H3. The summed E-state index contributed by atoms with van der Waals surface area (Å²) in [5.74, 6) is 1.50. The van der Waals surface area contributed by atoms with Gasteiger partial charge in [0, 0.05) is 18.4 Å². The second kappa shape index (κ2) is 6.15. The summed E-state index contributed by atoms with van der Waals surface area (Å²) in [7, 11) is 0. The van der Waals surface area contributed by atoms with Crippen LogP contribution in [0.2, 0.25) is 0 Å². The van der Waals surface area contributed by atoms with E-state index in [9.17, 15) is 0 Å². The van der Waals surface area contributed by atoms with Gasteiger partial charge >= 0.3 is 0 Å². The molecule has 0 bridgehead atoms. The quantitative estimate of drug-likeness (QED) is 0.861. The number of hydrogen-bond acceptors (Lipinski definition) is 2. The van der Waals surface area contributed by atoms with Crippen LogP contribution in [-0.4, -0.2) is 17.6 Å². The first-order valence-electron chi connectivity index (χ1n) is 6.90. The van der Waals surface area contributed by atoms with Crippen LogP contribution in [0.4, 0.5) is 0 Å². The monoisotopic (exact) mass is 232 g/mol. The van der Waals surface area contributed by atoms with Gasteiger partial charge < -0.3 is 5.32 Å². The number of rotatable bonds is 4. The third-order valence-electron chi connectivity index (χ3n) is 3.81. The van der Waals surface area contributed by atoms with Crippen LogP contribution in [0.1, 0.15) is 51.0 Å². The Morgan fingerprint density at radius 1 is 1.35 bits per heavy atom. The Kier molecular flexibility index (Phi) is 4.55. The topological polar surface area (TPSA) is 24.9 Å². The Morgan fingerprint density at radius 3 is 2.88 bits per heavy atom. The largest absolute Gasteiger partial charge is 0.314 e. The molecule has 2 heteroatoms. The van der Waals surface area contributed by atoms with Crippen LogP contribution in [0.3, 0.4) is 0 Å². The Hall–Kier alpha value is -0.890. The lowest BCUT2D eigenvalue weighted by Gasteiger charge is -2.32. The van der Waals surface area contributed by atoms with Crippen LogP contribution in [0.25, 0.3) is 0 Å². The molecule has 94 valence electrons. The number of nitrogens with zero attached hydrogens (tertiary/aromatic N) is 1. The molecule has 1 saturated carbocycles. The van der Waals surface area contributed by atoms with Gasteiger partial charge in [-0.3, -0.25) is 4.98 Å². The molecule has 2 rings (SSSR count). The lowest BCUT2D eigenvalue weighted by atomic mass is 9.76. The van der Waals surface area contributed by atoms with Gasteiger partial charge in [-0.1, -0.05) is 32.8 Å². The van der Waals surface area contributed by atoms with Crippen molar-refractivity contribution in [1.82, 2.24) is 10.3 Å². The first-order chi connectivity index (χ1) is 8.27. The van der Waals surface area contributed by atoms with Crippen LogP contribution >= 0.6 is 0 Å². The molecule has 1 aromatic rings. The molecule has 2 unspecified atom stereocenters. The summed E-state index contributed by atoms with van der Waals surface area (Å²) in [6.45, 7) is 5.60. The van der Waals surface area contributed by atoms with E-state index in [1.165, 1.54) is 31.2 Å². The number of aromatic nitrogens is 1. The fourth-order valence-corrected chi connectivity index (χ4v) is 2.87. The average Bonchev–Trinajstić information content (AvgIpc) is 2.38. The molecule has 2 atom stereocenters. The molecule has 1 aromatic heterocycles. The first kappa shape index (κ1) is 12.6. The molecule has 17 heavy (non-hydrogen) atoms. The molecule has 0 aromatic carbocycles. The fourth-order valence-electron chi connectivity index (χ4n) is 2.87. The van der Waals surface area contributed by atoms with E-state index in [-0.39, 0.29) is 0 Å². The predicted molar refractivity (Wildman–Crippen MR) is 72.1 cm³/mol. The summed E-state index contributed by atoms with van der Waals surface area (Å²) in [5, 5.41) is 3.59. The van der Waals surface area contributed by atoms with Gasteiger partial charge in [-0.2, -0.15) is 0 Å². The zero-order chi connectivity index (χ0) is 12.1. The maximum atomic E-state index is 4.27. The van der Waals surface area contributed by atoms with Gasteiger partial charge in [-0.15, -0.1) is 0 Å². The average molecular weight is 232 g/mol. The van der Waals surface area contributed by atoms with E-state index < -0.39 is 0 Å². The molecule has 0 amide bonds. The molecular formula is C15H24N2. The van der Waals surface area contributed by atoms with Crippen LogP contribution in [0, 0.1) is 5.92 Å². The summed E-state index contributed by atoms with van der Waals surface area (Å²) in [6, 6.07) is 4.90. The summed E-state index contributed by atoms with van der Waals surface area (Å²) in [5.41, 5.74) is 1.43. The highest BCUT2D eigenvalue weighted by Gasteiger charge is 2.26. The highest BCUT2D eigenvalue weighted by molar-refractivity contribution is 5.16. The highest BCUT2D eigenvalue weighted by Crippen LogP contribution is 2.37. The molecule has 1 aliphatic carbocycles. The van der Waals surface area contributed by atoms with E-state index >= 15 is 0 Å². The van der Waals surface area contributed by atoms with Crippen molar-refractivity contribution >= 4 is 0 Å². The van der Waals surface area contributed by atoms with Crippen molar-refractivity contribution in [2.75, 3.05) is 6.54 Å². The highest BCUT2D eigenvalue weighted by atomic mass is 14.9. The van der Waals surface area contributed by atoms with E-state index in [0.717, 1.165) is 12.5 Å². The van der Waals surface area contributed by atoms with Gasteiger partial charge in [0.15, 0.2) is 0 Å². The number of pyridine rings is 1. The van der Waals surface area contributed by atoms with Crippen LogP contribution in [0.15, 0.2) is 24.5 Å². The molecule has 0 aliphatic heterocycles. The second-order valence-corrected chi connectivity index (χ2v) is 5.50. The Balaban J connectivity index is 2.02. The first-order valence-corrected chi connectivity index (χ1v) is 6.90. The van der Waals surface area contributed by atoms with E-state index in [4.69, 9.17) is 0 Å². The van der Waals surface area contributed by atoms with Crippen molar-refractivity contribution in [3.63, 3.8) is 0 Å². The van der Waals surface area contributed by atoms with E-state index in [1.54, 1.807) is 0 Å². The van der Waals surface area contributed by atoms with E-state index in [1.807, 2.05) is 6.20 Å². The van der Waals surface area contributed by atoms with Gasteiger partial charge in [0.05, 0.1) is 0 Å². The minimum atomic E-state index is 0.589. The maximum absolute atomic E-state index is 4.27. The molecule has 1 heterocycles. The lowest BCUT2D eigenvalue weighted by Crippen LogP contribution is -2.33. The second-order valence-electron chi connectivity index (χ2n) is 5.50. The van der Waals surface area contributed by atoms with Crippen molar-refractivity contribution in [2.45, 2.75) is 51.5 Å². The van der Waals surface area contributed by atoms with E-state index in [2.05, 4.69) is 42.5 Å². The summed E-state index contributed by atoms with van der Waals surface area (Å²) >= 11 is 0. The molecule has 1 aliphatic rings. The van der Waals surface area contributed by atoms with Gasteiger partial charge in [-0.25, -0.2) is 0 Å². The number of hydrogen-bond donors (Lipinski definition) is 1. The van der Waals surface area contributed by atoms with Gasteiger partial charge in [0.2, 0.25) is 0 Å². The smallest absolute Gasteiger partial charge is 0.0302 e. The minimum Gasteiger partial charge on any atom is -0.314 e. The summed E-state index contributed by atoms with van der Waals surface area (Å²) in [6.07, 6.45) is 9.38. The Morgan fingerprint density at radius 2 is 2.18 bits per heavy atom. The fraction of sp³-hybridized carbons (Fsp3) is 0.667. The Bertz CT molecular complexity index is 321. The van der Waals surface area contributed by atoms with Gasteiger partial charge in [0.1, 0.15) is 0 Å². The Labute approximate surface area is 105 Å². The third-order valence-corrected chi connectivity index (χ3v) is 3.81. The molecule has 1 N–H and O–H groups in total.